The van der Waals surface area contributed by atoms with Gasteiger partial charge < -0.3 is 9.84 Å². The fourth-order valence-electron chi connectivity index (χ4n) is 1.53. The molecule has 6 nitrogen and oxygen atoms in total. The predicted molar refractivity (Wildman–Crippen MR) is 57.5 cm³/mol. The molecule has 0 spiro atoms. The number of carboxylic acid groups (broad SMARTS) is 1. The molecule has 7 heteroatoms. The van der Waals surface area contributed by atoms with Gasteiger partial charge in [0.15, 0.2) is 0 Å². The van der Waals surface area contributed by atoms with E-state index in [1.165, 1.54) is 11.4 Å². The van der Waals surface area contributed by atoms with Gasteiger partial charge in [-0.25, -0.2) is 12.7 Å². The summed E-state index contributed by atoms with van der Waals surface area (Å²) in [6, 6.07) is 0. The SMILES string of the molecule is COCCS(=O)(=O)N1CC(C(C)C(=O)O)C1. The fraction of sp³-hybridized carbons (Fsp3) is 0.889. The van der Waals surface area contributed by atoms with E-state index in [0.717, 1.165) is 0 Å². The van der Waals surface area contributed by atoms with Crippen molar-refractivity contribution in [3.05, 3.63) is 0 Å². The van der Waals surface area contributed by atoms with Crippen LogP contribution in [0.15, 0.2) is 0 Å². The van der Waals surface area contributed by atoms with Gasteiger partial charge in [0.1, 0.15) is 0 Å². The lowest BCUT2D eigenvalue weighted by Gasteiger charge is -2.39. The number of nitrogens with zero attached hydrogens (tertiary/aromatic N) is 1. The van der Waals surface area contributed by atoms with Gasteiger partial charge in [-0.3, -0.25) is 4.79 Å². The van der Waals surface area contributed by atoms with Crippen molar-refractivity contribution in [2.24, 2.45) is 11.8 Å². The number of aliphatic carboxylic acids is 1. The fourth-order valence-corrected chi connectivity index (χ4v) is 3.01. The zero-order valence-corrected chi connectivity index (χ0v) is 10.2. The largest absolute Gasteiger partial charge is 0.481 e. The highest BCUT2D eigenvalue weighted by Crippen LogP contribution is 2.26. The van der Waals surface area contributed by atoms with Crippen molar-refractivity contribution >= 4 is 16.0 Å². The van der Waals surface area contributed by atoms with Crippen LogP contribution in [0.5, 0.6) is 0 Å². The van der Waals surface area contributed by atoms with Crippen LogP contribution >= 0.6 is 0 Å². The van der Waals surface area contributed by atoms with Crippen molar-refractivity contribution in [1.29, 1.82) is 0 Å². The van der Waals surface area contributed by atoms with E-state index in [9.17, 15) is 13.2 Å². The first-order chi connectivity index (χ1) is 7.38. The molecule has 1 N–H and O–H groups in total. The molecule has 0 aromatic rings. The highest BCUT2D eigenvalue weighted by molar-refractivity contribution is 7.89. The first-order valence-electron chi connectivity index (χ1n) is 5.08. The van der Waals surface area contributed by atoms with Gasteiger partial charge in [0.05, 0.1) is 18.3 Å². The van der Waals surface area contributed by atoms with E-state index in [1.807, 2.05) is 0 Å². The Morgan fingerprint density at radius 1 is 1.56 bits per heavy atom. The molecule has 0 bridgehead atoms. The van der Waals surface area contributed by atoms with Crippen LogP contribution in [0, 0.1) is 11.8 Å². The third-order valence-electron chi connectivity index (χ3n) is 2.91. The summed E-state index contributed by atoms with van der Waals surface area (Å²) in [6.45, 7) is 2.38. The molecule has 1 fully saturated rings. The van der Waals surface area contributed by atoms with Gasteiger partial charge >= 0.3 is 5.97 Å². The summed E-state index contributed by atoms with van der Waals surface area (Å²) in [4.78, 5) is 10.7. The Morgan fingerprint density at radius 3 is 2.56 bits per heavy atom. The zero-order chi connectivity index (χ0) is 12.3. The first-order valence-corrected chi connectivity index (χ1v) is 6.69. The van der Waals surface area contributed by atoms with Crippen LogP contribution in [-0.2, 0) is 19.6 Å². The maximum atomic E-state index is 11.6. The van der Waals surface area contributed by atoms with E-state index >= 15 is 0 Å². The van der Waals surface area contributed by atoms with Crippen molar-refractivity contribution in [3.8, 4) is 0 Å². The van der Waals surface area contributed by atoms with Gasteiger partial charge in [-0.05, 0) is 5.92 Å². The second-order valence-corrected chi connectivity index (χ2v) is 6.10. The molecule has 1 aliphatic rings. The summed E-state index contributed by atoms with van der Waals surface area (Å²) in [5.74, 6) is -1.49. The second kappa shape index (κ2) is 5.11. The monoisotopic (exact) mass is 251 g/mol. The highest BCUT2D eigenvalue weighted by atomic mass is 32.2. The normalized spacial score (nSPS) is 20.4. The molecule has 1 heterocycles. The molecular weight excluding hydrogens is 234 g/mol. The Kier molecular flexibility index (Phi) is 4.28. The summed E-state index contributed by atoms with van der Waals surface area (Å²) in [6.07, 6.45) is 0. The molecule has 0 aromatic carbocycles. The number of hydrogen-bond acceptors (Lipinski definition) is 4. The van der Waals surface area contributed by atoms with Gasteiger partial charge in [0, 0.05) is 20.2 Å². The topological polar surface area (TPSA) is 83.9 Å². The van der Waals surface area contributed by atoms with Crippen LogP contribution < -0.4 is 0 Å². The van der Waals surface area contributed by atoms with Crippen LogP contribution in [-0.4, -0.2) is 56.4 Å². The van der Waals surface area contributed by atoms with E-state index in [0.29, 0.717) is 13.1 Å². The molecule has 0 aliphatic carbocycles. The minimum absolute atomic E-state index is 0.0440. The molecule has 1 rings (SSSR count). The maximum Gasteiger partial charge on any atom is 0.306 e. The average Bonchev–Trinajstić information content (AvgIpc) is 2.11. The molecular formula is C9H17NO5S. The van der Waals surface area contributed by atoms with Crippen molar-refractivity contribution in [1.82, 2.24) is 4.31 Å². The minimum atomic E-state index is -3.26. The molecule has 16 heavy (non-hydrogen) atoms. The van der Waals surface area contributed by atoms with E-state index in [2.05, 4.69) is 0 Å². The molecule has 0 amide bonds. The summed E-state index contributed by atoms with van der Waals surface area (Å²) < 4.78 is 29.2. The van der Waals surface area contributed by atoms with Crippen LogP contribution in [0.25, 0.3) is 0 Å². The standard InChI is InChI=1S/C9H17NO5S/c1-7(9(11)12)8-5-10(6-8)16(13,14)4-3-15-2/h7-8H,3-6H2,1-2H3,(H,11,12). The lowest BCUT2D eigenvalue weighted by molar-refractivity contribution is -0.144. The van der Waals surface area contributed by atoms with Crippen molar-refractivity contribution in [2.45, 2.75) is 6.92 Å². The smallest absolute Gasteiger partial charge is 0.306 e. The van der Waals surface area contributed by atoms with E-state index in [1.54, 1.807) is 6.92 Å². The van der Waals surface area contributed by atoms with Crippen LogP contribution in [0.2, 0.25) is 0 Å². The first kappa shape index (κ1) is 13.4. The minimum Gasteiger partial charge on any atom is -0.481 e. The molecule has 0 saturated carbocycles. The van der Waals surface area contributed by atoms with Crippen LogP contribution in [0.1, 0.15) is 6.92 Å². The molecule has 1 saturated heterocycles. The molecule has 0 aromatic heterocycles. The lowest BCUT2D eigenvalue weighted by atomic mass is 9.89. The third-order valence-corrected chi connectivity index (χ3v) is 4.68. The van der Waals surface area contributed by atoms with Crippen molar-refractivity contribution < 1.29 is 23.1 Å². The number of carbonyl (C=O) groups is 1. The third kappa shape index (κ3) is 2.93. The van der Waals surface area contributed by atoms with Crippen LogP contribution in [0.4, 0.5) is 0 Å². The average molecular weight is 251 g/mol. The Morgan fingerprint density at radius 2 is 2.12 bits per heavy atom. The maximum absolute atomic E-state index is 11.6. The van der Waals surface area contributed by atoms with Gasteiger partial charge in [-0.15, -0.1) is 0 Å². The molecule has 1 unspecified atom stereocenters. The Labute approximate surface area is 95.2 Å². The summed E-state index contributed by atoms with van der Waals surface area (Å²) >= 11 is 0. The molecule has 0 radical (unpaired) electrons. The summed E-state index contributed by atoms with van der Waals surface area (Å²) in [7, 11) is -1.82. The molecule has 94 valence electrons. The van der Waals surface area contributed by atoms with Crippen molar-refractivity contribution in [3.63, 3.8) is 0 Å². The van der Waals surface area contributed by atoms with Crippen LogP contribution in [0.3, 0.4) is 0 Å². The highest BCUT2D eigenvalue weighted by Gasteiger charge is 2.40. The van der Waals surface area contributed by atoms with Gasteiger partial charge in [0.2, 0.25) is 10.0 Å². The number of hydrogen-bond donors (Lipinski definition) is 1. The lowest BCUT2D eigenvalue weighted by Crippen LogP contribution is -2.54. The number of ether oxygens (including phenoxy) is 1. The summed E-state index contributed by atoms with van der Waals surface area (Å²) in [5, 5.41) is 8.76. The Hall–Kier alpha value is -0.660. The van der Waals surface area contributed by atoms with Gasteiger partial charge in [-0.2, -0.15) is 0 Å². The molecule has 1 aliphatic heterocycles. The van der Waals surface area contributed by atoms with Crippen molar-refractivity contribution in [2.75, 3.05) is 32.6 Å². The quantitative estimate of drug-likeness (QED) is 0.695. The Bertz CT molecular complexity index is 347. The summed E-state index contributed by atoms with van der Waals surface area (Å²) in [5.41, 5.74) is 0. The Balaban J connectivity index is 2.43. The molecule has 1 atom stereocenters. The van der Waals surface area contributed by atoms with E-state index < -0.39 is 21.9 Å². The number of sulfonamides is 1. The van der Waals surface area contributed by atoms with E-state index in [-0.39, 0.29) is 18.3 Å². The number of rotatable bonds is 6. The predicted octanol–water partition coefficient (Wildman–Crippen LogP) is -0.385. The zero-order valence-electron chi connectivity index (χ0n) is 9.42. The second-order valence-electron chi connectivity index (χ2n) is 4.01. The van der Waals surface area contributed by atoms with Gasteiger partial charge in [-0.1, -0.05) is 6.92 Å². The van der Waals surface area contributed by atoms with E-state index in [4.69, 9.17) is 9.84 Å². The number of methoxy groups -OCH3 is 1. The number of carboxylic acids is 1. The van der Waals surface area contributed by atoms with Gasteiger partial charge in [0.25, 0.3) is 0 Å².